The van der Waals surface area contributed by atoms with Gasteiger partial charge in [-0.05, 0) is 51.5 Å². The first kappa shape index (κ1) is 14.8. The van der Waals surface area contributed by atoms with Crippen LogP contribution in [0.3, 0.4) is 0 Å². The predicted octanol–water partition coefficient (Wildman–Crippen LogP) is 3.47. The van der Waals surface area contributed by atoms with Gasteiger partial charge in [0, 0.05) is 11.6 Å². The molecule has 4 heteroatoms. The van der Waals surface area contributed by atoms with Crippen molar-refractivity contribution in [2.24, 2.45) is 5.92 Å². The molecule has 2 nitrogen and oxygen atoms in total. The molecule has 2 atom stereocenters. The fourth-order valence-corrected chi connectivity index (χ4v) is 3.13. The van der Waals surface area contributed by atoms with Crippen LogP contribution in [-0.4, -0.2) is 31.6 Å². The van der Waals surface area contributed by atoms with Gasteiger partial charge in [0.2, 0.25) is 0 Å². The maximum Gasteiger partial charge on any atom is 0.146 e. The van der Waals surface area contributed by atoms with Crippen LogP contribution in [0.25, 0.3) is 0 Å². The van der Waals surface area contributed by atoms with E-state index in [1.165, 1.54) is 0 Å². The molecular weight excluding hydrogens is 263 g/mol. The average molecular weight is 285 g/mol. The average Bonchev–Trinajstić information content (AvgIpc) is 2.75. The summed E-state index contributed by atoms with van der Waals surface area (Å²) in [6.07, 6.45) is 2.22. The largest absolute Gasteiger partial charge is 0.316 e. The van der Waals surface area contributed by atoms with Crippen LogP contribution in [0, 0.1) is 11.7 Å². The van der Waals surface area contributed by atoms with E-state index in [4.69, 9.17) is 11.6 Å². The molecule has 0 aliphatic carbocycles. The Labute approximate surface area is 119 Å². The molecule has 1 heterocycles. The highest BCUT2D eigenvalue weighted by atomic mass is 35.5. The van der Waals surface area contributed by atoms with Gasteiger partial charge in [0.05, 0.1) is 5.02 Å². The quantitative estimate of drug-likeness (QED) is 0.833. The molecule has 0 amide bonds. The lowest BCUT2D eigenvalue weighted by Crippen LogP contribution is -2.29. The minimum absolute atomic E-state index is 0.128. The van der Waals surface area contributed by atoms with E-state index in [9.17, 15) is 4.39 Å². The van der Waals surface area contributed by atoms with E-state index in [1.807, 2.05) is 12.1 Å². The van der Waals surface area contributed by atoms with Crippen molar-refractivity contribution in [1.82, 2.24) is 10.2 Å². The molecule has 1 fully saturated rings. The Hall–Kier alpha value is -0.640. The molecule has 1 aromatic carbocycles. The molecule has 106 valence electrons. The summed E-state index contributed by atoms with van der Waals surface area (Å²) in [5, 5.41) is 3.67. The zero-order valence-electron chi connectivity index (χ0n) is 11.6. The smallest absolute Gasteiger partial charge is 0.146 e. The van der Waals surface area contributed by atoms with Gasteiger partial charge in [-0.1, -0.05) is 30.7 Å². The second kappa shape index (κ2) is 6.69. The van der Waals surface area contributed by atoms with Gasteiger partial charge >= 0.3 is 0 Å². The number of halogens is 2. The summed E-state index contributed by atoms with van der Waals surface area (Å²) in [7, 11) is 2.06. The number of nitrogens with zero attached hydrogens (tertiary/aromatic N) is 1. The van der Waals surface area contributed by atoms with Gasteiger partial charge in [0.1, 0.15) is 5.82 Å². The van der Waals surface area contributed by atoms with Crippen molar-refractivity contribution in [3.05, 3.63) is 34.6 Å². The fourth-order valence-electron chi connectivity index (χ4n) is 2.94. The molecule has 1 aromatic rings. The van der Waals surface area contributed by atoms with E-state index in [0.29, 0.717) is 5.92 Å². The molecule has 0 spiro atoms. The van der Waals surface area contributed by atoms with Crippen molar-refractivity contribution in [2.45, 2.75) is 25.8 Å². The number of rotatable bonds is 5. The van der Waals surface area contributed by atoms with Crippen molar-refractivity contribution in [1.29, 1.82) is 0 Å². The monoisotopic (exact) mass is 284 g/mol. The summed E-state index contributed by atoms with van der Waals surface area (Å²) in [5.74, 6) is 0.188. The fraction of sp³-hybridized carbons (Fsp3) is 0.600. The SMILES string of the molecule is CCCNCC1CCN(C)C1c1cccc(Cl)c1F. The van der Waals surface area contributed by atoms with Crippen LogP contribution in [0.1, 0.15) is 31.4 Å². The maximum atomic E-state index is 14.2. The number of benzene rings is 1. The van der Waals surface area contributed by atoms with Crippen molar-refractivity contribution < 1.29 is 4.39 Å². The topological polar surface area (TPSA) is 15.3 Å². The van der Waals surface area contributed by atoms with Crippen LogP contribution in [0.5, 0.6) is 0 Å². The van der Waals surface area contributed by atoms with E-state index in [2.05, 4.69) is 24.2 Å². The van der Waals surface area contributed by atoms with Gasteiger partial charge in [-0.15, -0.1) is 0 Å². The summed E-state index contributed by atoms with van der Waals surface area (Å²) in [4.78, 5) is 2.23. The van der Waals surface area contributed by atoms with Crippen LogP contribution in [0.2, 0.25) is 5.02 Å². The molecule has 0 radical (unpaired) electrons. The van der Waals surface area contributed by atoms with E-state index in [-0.39, 0.29) is 16.9 Å². The number of hydrogen-bond donors (Lipinski definition) is 1. The zero-order valence-corrected chi connectivity index (χ0v) is 12.4. The highest BCUT2D eigenvalue weighted by Crippen LogP contribution is 2.38. The van der Waals surface area contributed by atoms with Gasteiger partial charge in [-0.3, -0.25) is 4.90 Å². The highest BCUT2D eigenvalue weighted by molar-refractivity contribution is 6.30. The van der Waals surface area contributed by atoms with E-state index >= 15 is 0 Å². The molecule has 0 aromatic heterocycles. The van der Waals surface area contributed by atoms with E-state index in [1.54, 1.807) is 6.07 Å². The normalized spacial score (nSPS) is 24.0. The van der Waals surface area contributed by atoms with Gasteiger partial charge in [0.15, 0.2) is 0 Å². The van der Waals surface area contributed by atoms with E-state index < -0.39 is 0 Å². The second-order valence-corrected chi connectivity index (χ2v) is 5.73. The Morgan fingerprint density at radius 1 is 1.47 bits per heavy atom. The molecule has 2 unspecified atom stereocenters. The molecule has 1 N–H and O–H groups in total. The molecule has 2 rings (SSSR count). The maximum absolute atomic E-state index is 14.2. The van der Waals surface area contributed by atoms with Crippen LogP contribution in [-0.2, 0) is 0 Å². The third-order valence-electron chi connectivity index (χ3n) is 3.91. The molecule has 1 aliphatic heterocycles. The Morgan fingerprint density at radius 3 is 3.00 bits per heavy atom. The zero-order chi connectivity index (χ0) is 13.8. The Morgan fingerprint density at radius 2 is 2.26 bits per heavy atom. The summed E-state index contributed by atoms with van der Waals surface area (Å²) in [6.45, 7) is 5.12. The first-order valence-electron chi connectivity index (χ1n) is 7.00. The molecule has 1 aliphatic rings. The Kier molecular flexibility index (Phi) is 5.20. The van der Waals surface area contributed by atoms with Crippen LogP contribution >= 0.6 is 11.6 Å². The summed E-state index contributed by atoms with van der Waals surface area (Å²) in [6, 6.07) is 5.44. The molecule has 1 saturated heterocycles. The Balaban J connectivity index is 2.16. The van der Waals surface area contributed by atoms with Gasteiger partial charge in [0.25, 0.3) is 0 Å². The lowest BCUT2D eigenvalue weighted by Gasteiger charge is -2.26. The highest BCUT2D eigenvalue weighted by Gasteiger charge is 2.34. The summed E-state index contributed by atoms with van der Waals surface area (Å²) in [5.41, 5.74) is 0.732. The van der Waals surface area contributed by atoms with Crippen molar-refractivity contribution in [3.63, 3.8) is 0 Å². The standard InChI is InChI=1S/C15H22ClFN2/c1-3-8-18-10-11-7-9-19(2)15(11)12-5-4-6-13(16)14(12)17/h4-6,11,15,18H,3,7-10H2,1-2H3. The third kappa shape index (κ3) is 3.28. The van der Waals surface area contributed by atoms with Crippen molar-refractivity contribution in [2.75, 3.05) is 26.7 Å². The van der Waals surface area contributed by atoms with Crippen molar-refractivity contribution >= 4 is 11.6 Å². The summed E-state index contributed by atoms with van der Waals surface area (Å²) >= 11 is 5.91. The molecule has 0 bridgehead atoms. The van der Waals surface area contributed by atoms with Crippen molar-refractivity contribution in [3.8, 4) is 0 Å². The lowest BCUT2D eigenvalue weighted by molar-refractivity contribution is 0.265. The lowest BCUT2D eigenvalue weighted by atomic mass is 9.93. The van der Waals surface area contributed by atoms with Gasteiger partial charge < -0.3 is 5.32 Å². The van der Waals surface area contributed by atoms with Gasteiger partial charge in [-0.25, -0.2) is 4.39 Å². The number of hydrogen-bond acceptors (Lipinski definition) is 2. The molecular formula is C15H22ClFN2. The first-order valence-corrected chi connectivity index (χ1v) is 7.37. The van der Waals surface area contributed by atoms with E-state index in [0.717, 1.165) is 38.0 Å². The number of likely N-dealkylation sites (tertiary alicyclic amines) is 1. The molecule has 0 saturated carbocycles. The molecule has 19 heavy (non-hydrogen) atoms. The number of nitrogens with one attached hydrogen (secondary N) is 1. The Bertz CT molecular complexity index is 425. The minimum Gasteiger partial charge on any atom is -0.316 e. The van der Waals surface area contributed by atoms with Gasteiger partial charge in [-0.2, -0.15) is 0 Å². The van der Waals surface area contributed by atoms with Crippen LogP contribution in [0.4, 0.5) is 4.39 Å². The first-order chi connectivity index (χ1) is 9.15. The third-order valence-corrected chi connectivity index (χ3v) is 4.20. The summed E-state index contributed by atoms with van der Waals surface area (Å²) < 4.78 is 14.2. The second-order valence-electron chi connectivity index (χ2n) is 5.32. The van der Waals surface area contributed by atoms with Crippen LogP contribution in [0.15, 0.2) is 18.2 Å². The predicted molar refractivity (Wildman–Crippen MR) is 78.0 cm³/mol. The van der Waals surface area contributed by atoms with Crippen LogP contribution < -0.4 is 5.32 Å². The minimum atomic E-state index is -0.261.